The molecule has 0 aliphatic carbocycles. The number of hydrogen-bond acceptors (Lipinski definition) is 7. The molecule has 4 rings (SSSR count). The summed E-state index contributed by atoms with van der Waals surface area (Å²) in [6, 6.07) is 9.37. The number of carboxylic acid groups (broad SMARTS) is 1. The molecule has 1 fully saturated rings. The van der Waals surface area contributed by atoms with Crippen LogP contribution in [-0.4, -0.2) is 55.3 Å². The van der Waals surface area contributed by atoms with E-state index in [9.17, 15) is 19.5 Å². The number of amides is 2. The molecule has 2 amide bonds. The molecule has 0 bridgehead atoms. The van der Waals surface area contributed by atoms with Crippen LogP contribution < -0.4 is 4.90 Å². The summed E-state index contributed by atoms with van der Waals surface area (Å²) >= 11 is 6.63. The zero-order valence-corrected chi connectivity index (χ0v) is 21.5. The molecule has 0 atom stereocenters. The van der Waals surface area contributed by atoms with Gasteiger partial charge in [0.05, 0.1) is 22.9 Å². The average Bonchev–Trinajstić information content (AvgIpc) is 3.38. The van der Waals surface area contributed by atoms with Crippen molar-refractivity contribution in [1.82, 2.24) is 9.88 Å². The molecule has 1 saturated heterocycles. The Kier molecular flexibility index (Phi) is 8.17. The summed E-state index contributed by atoms with van der Waals surface area (Å²) < 4.78 is 0.483. The third-order valence-electron chi connectivity index (χ3n) is 6.22. The second kappa shape index (κ2) is 11.3. The Balaban J connectivity index is 1.52. The Morgan fingerprint density at radius 2 is 2.03 bits per heavy atom. The van der Waals surface area contributed by atoms with E-state index in [0.717, 1.165) is 23.2 Å². The standard InChI is InChI=1S/C26H27N3O5S2/c1-16(31)28-11-9-17-12-20(18(15-30)13-22(17)28)21-7-5-6-19(27-21)14-23-25(34)29(26(35)36-23)10-4-2-3-8-24(32)33/h5-7,12-14,30H,2-4,8-11,15H2,1H3,(H,32,33)/b23-14-. The van der Waals surface area contributed by atoms with Gasteiger partial charge in [0.1, 0.15) is 4.32 Å². The fourth-order valence-corrected chi connectivity index (χ4v) is 5.70. The SMILES string of the molecule is CC(=O)N1CCc2cc(-c3cccc(/C=C4\SC(=S)N(CCCCCC(=O)O)C4=O)n3)c(CO)cc21. The van der Waals surface area contributed by atoms with Crippen molar-refractivity contribution in [2.75, 3.05) is 18.0 Å². The van der Waals surface area contributed by atoms with Crippen molar-refractivity contribution < 1.29 is 24.6 Å². The average molecular weight is 526 g/mol. The summed E-state index contributed by atoms with van der Waals surface area (Å²) in [5.74, 6) is -1.02. The molecule has 8 nitrogen and oxygen atoms in total. The molecule has 2 aliphatic rings. The predicted molar refractivity (Wildman–Crippen MR) is 143 cm³/mol. The number of aliphatic hydroxyl groups excluding tert-OH is 1. The predicted octanol–water partition coefficient (Wildman–Crippen LogP) is 4.00. The number of carboxylic acids is 1. The van der Waals surface area contributed by atoms with Gasteiger partial charge in [-0.05, 0) is 60.7 Å². The molecule has 2 N–H and O–H groups in total. The molecular weight excluding hydrogens is 498 g/mol. The molecule has 2 aromatic rings. The van der Waals surface area contributed by atoms with Gasteiger partial charge >= 0.3 is 5.97 Å². The van der Waals surface area contributed by atoms with Crippen molar-refractivity contribution >= 4 is 57.8 Å². The smallest absolute Gasteiger partial charge is 0.303 e. The van der Waals surface area contributed by atoms with Gasteiger partial charge in [0, 0.05) is 37.7 Å². The van der Waals surface area contributed by atoms with Gasteiger partial charge < -0.3 is 15.1 Å². The van der Waals surface area contributed by atoms with Crippen LogP contribution in [0.5, 0.6) is 0 Å². The van der Waals surface area contributed by atoms with Crippen LogP contribution in [0.2, 0.25) is 0 Å². The van der Waals surface area contributed by atoms with Gasteiger partial charge in [0.15, 0.2) is 0 Å². The number of carbonyl (C=O) groups excluding carboxylic acids is 2. The first-order valence-corrected chi connectivity index (χ1v) is 13.0. The largest absolute Gasteiger partial charge is 0.481 e. The van der Waals surface area contributed by atoms with Gasteiger partial charge in [0.25, 0.3) is 5.91 Å². The summed E-state index contributed by atoms with van der Waals surface area (Å²) in [7, 11) is 0. The Hall–Kier alpha value is -3.08. The van der Waals surface area contributed by atoms with Crippen molar-refractivity contribution in [2.24, 2.45) is 0 Å². The second-order valence-corrected chi connectivity index (χ2v) is 10.4. The van der Waals surface area contributed by atoms with Crippen LogP contribution in [0.4, 0.5) is 5.69 Å². The van der Waals surface area contributed by atoms with E-state index in [2.05, 4.69) is 0 Å². The molecular formula is C26H27N3O5S2. The van der Waals surface area contributed by atoms with Gasteiger partial charge in [-0.15, -0.1) is 0 Å². The van der Waals surface area contributed by atoms with E-state index in [0.29, 0.717) is 58.5 Å². The maximum absolute atomic E-state index is 12.9. The minimum atomic E-state index is -0.817. The highest BCUT2D eigenvalue weighted by atomic mass is 32.2. The number of fused-ring (bicyclic) bond motifs is 1. The number of unbranched alkanes of at least 4 members (excludes halogenated alkanes) is 2. The molecule has 10 heteroatoms. The lowest BCUT2D eigenvalue weighted by Crippen LogP contribution is -2.29. The van der Waals surface area contributed by atoms with E-state index in [4.69, 9.17) is 22.3 Å². The lowest BCUT2D eigenvalue weighted by molar-refractivity contribution is -0.137. The number of hydrogen-bond donors (Lipinski definition) is 2. The molecule has 3 heterocycles. The van der Waals surface area contributed by atoms with Crippen LogP contribution >= 0.6 is 24.0 Å². The third-order valence-corrected chi connectivity index (χ3v) is 7.60. The van der Waals surface area contributed by atoms with E-state index in [1.165, 1.54) is 18.7 Å². The number of anilines is 1. The topological polar surface area (TPSA) is 111 Å². The maximum Gasteiger partial charge on any atom is 0.303 e. The Morgan fingerprint density at radius 1 is 1.22 bits per heavy atom. The Labute approximate surface area is 219 Å². The number of carbonyl (C=O) groups is 3. The summed E-state index contributed by atoms with van der Waals surface area (Å²) in [4.78, 5) is 44.0. The number of aromatic nitrogens is 1. The highest BCUT2D eigenvalue weighted by Crippen LogP contribution is 2.36. The number of benzene rings is 1. The maximum atomic E-state index is 12.9. The first kappa shape index (κ1) is 26.0. The normalized spacial score (nSPS) is 16.2. The zero-order valence-electron chi connectivity index (χ0n) is 19.9. The van der Waals surface area contributed by atoms with Gasteiger partial charge in [-0.2, -0.15) is 0 Å². The number of thiocarbonyl (C=S) groups is 1. The van der Waals surface area contributed by atoms with Gasteiger partial charge in [-0.3, -0.25) is 19.3 Å². The number of aliphatic carboxylic acids is 1. The van der Waals surface area contributed by atoms with Crippen molar-refractivity contribution in [2.45, 2.75) is 45.6 Å². The highest BCUT2D eigenvalue weighted by molar-refractivity contribution is 8.26. The van der Waals surface area contributed by atoms with Gasteiger partial charge in [-0.1, -0.05) is 36.5 Å². The third kappa shape index (κ3) is 5.66. The second-order valence-electron chi connectivity index (χ2n) is 8.70. The first-order valence-electron chi connectivity index (χ1n) is 11.8. The van der Waals surface area contributed by atoms with Gasteiger partial charge in [0.2, 0.25) is 5.91 Å². The van der Waals surface area contributed by atoms with Crippen molar-refractivity contribution in [3.63, 3.8) is 0 Å². The molecule has 188 valence electrons. The quantitative estimate of drug-likeness (QED) is 0.287. The van der Waals surface area contributed by atoms with Crippen molar-refractivity contribution in [1.29, 1.82) is 0 Å². The van der Waals surface area contributed by atoms with E-state index in [1.807, 2.05) is 30.3 Å². The Bertz CT molecular complexity index is 1260. The van der Waals surface area contributed by atoms with Crippen LogP contribution in [0.1, 0.15) is 49.4 Å². The number of rotatable bonds is 9. The lowest BCUT2D eigenvalue weighted by atomic mass is 9.99. The van der Waals surface area contributed by atoms with E-state index in [1.54, 1.807) is 15.9 Å². The van der Waals surface area contributed by atoms with Crippen molar-refractivity contribution in [3.05, 3.63) is 52.1 Å². The van der Waals surface area contributed by atoms with Crippen LogP contribution in [0.15, 0.2) is 35.2 Å². The highest BCUT2D eigenvalue weighted by Gasteiger charge is 2.31. The first-order chi connectivity index (χ1) is 17.3. The van der Waals surface area contributed by atoms with Crippen LogP contribution in [0.3, 0.4) is 0 Å². The van der Waals surface area contributed by atoms with Crippen LogP contribution in [0, 0.1) is 0 Å². The zero-order chi connectivity index (χ0) is 25.8. The molecule has 0 spiro atoms. The van der Waals surface area contributed by atoms with Crippen molar-refractivity contribution in [3.8, 4) is 11.3 Å². The van der Waals surface area contributed by atoms with Gasteiger partial charge in [-0.25, -0.2) is 4.98 Å². The summed E-state index contributed by atoms with van der Waals surface area (Å²) in [6.45, 7) is 2.43. The van der Waals surface area contributed by atoms with E-state index >= 15 is 0 Å². The Morgan fingerprint density at radius 3 is 2.75 bits per heavy atom. The fraction of sp³-hybridized carbons (Fsp3) is 0.346. The fourth-order valence-electron chi connectivity index (χ4n) is 4.41. The molecule has 0 radical (unpaired) electrons. The van der Waals surface area contributed by atoms with E-state index in [-0.39, 0.29) is 24.8 Å². The minimum absolute atomic E-state index is 0.0249. The minimum Gasteiger partial charge on any atom is -0.481 e. The van der Waals surface area contributed by atoms with E-state index < -0.39 is 5.97 Å². The number of pyridine rings is 1. The summed E-state index contributed by atoms with van der Waals surface area (Å²) in [5.41, 5.74) is 4.62. The summed E-state index contributed by atoms with van der Waals surface area (Å²) in [5, 5.41) is 18.8. The molecule has 0 saturated carbocycles. The molecule has 1 aromatic carbocycles. The van der Waals surface area contributed by atoms with Crippen LogP contribution in [-0.2, 0) is 27.4 Å². The molecule has 1 aromatic heterocycles. The number of thioether (sulfide) groups is 1. The summed E-state index contributed by atoms with van der Waals surface area (Å²) in [6.07, 6.45) is 4.55. The number of nitrogens with zero attached hydrogens (tertiary/aromatic N) is 3. The van der Waals surface area contributed by atoms with Crippen LogP contribution in [0.25, 0.3) is 17.3 Å². The molecule has 2 aliphatic heterocycles. The monoisotopic (exact) mass is 525 g/mol. The lowest BCUT2D eigenvalue weighted by Gasteiger charge is -2.17. The molecule has 36 heavy (non-hydrogen) atoms. The molecule has 0 unspecified atom stereocenters. The number of aliphatic hydroxyl groups is 1.